The average molecular weight is 207 g/mol. The maximum Gasteiger partial charge on any atom is 0.258 e. The van der Waals surface area contributed by atoms with Crippen LogP contribution in [0.4, 0.5) is 0 Å². The van der Waals surface area contributed by atoms with Crippen LogP contribution in [0, 0.1) is 0 Å². The zero-order valence-electron chi connectivity index (χ0n) is 9.36. The molecule has 0 spiro atoms. The predicted molar refractivity (Wildman–Crippen MR) is 59.8 cm³/mol. The average Bonchev–Trinajstić information content (AvgIpc) is 2.18. The summed E-state index contributed by atoms with van der Waals surface area (Å²) in [7, 11) is 0. The van der Waals surface area contributed by atoms with Crippen LogP contribution in [0.25, 0.3) is 0 Å². The molecular formula is C12H17NO2. The Labute approximate surface area is 90.2 Å². The van der Waals surface area contributed by atoms with Gasteiger partial charge in [0.15, 0.2) is 6.10 Å². The lowest BCUT2D eigenvalue weighted by Crippen LogP contribution is -2.30. The van der Waals surface area contributed by atoms with E-state index in [1.165, 1.54) is 5.56 Å². The molecule has 1 atom stereocenters. The van der Waals surface area contributed by atoms with Gasteiger partial charge < -0.3 is 10.5 Å². The molecule has 2 N–H and O–H groups in total. The topological polar surface area (TPSA) is 52.3 Å². The molecule has 0 heterocycles. The zero-order chi connectivity index (χ0) is 11.4. The Kier molecular flexibility index (Phi) is 3.72. The Bertz CT molecular complexity index is 347. The first kappa shape index (κ1) is 11.6. The van der Waals surface area contributed by atoms with Gasteiger partial charge in [-0.05, 0) is 30.5 Å². The number of nitrogens with two attached hydrogens (primary N) is 1. The van der Waals surface area contributed by atoms with Gasteiger partial charge in [0.05, 0.1) is 0 Å². The summed E-state index contributed by atoms with van der Waals surface area (Å²) < 4.78 is 5.39. The third-order valence-electron chi connectivity index (χ3n) is 2.24. The van der Waals surface area contributed by atoms with Gasteiger partial charge in [-0.2, -0.15) is 0 Å². The van der Waals surface area contributed by atoms with Crippen molar-refractivity contribution in [3.63, 3.8) is 0 Å². The minimum Gasteiger partial charge on any atom is -0.481 e. The highest BCUT2D eigenvalue weighted by Gasteiger charge is 2.10. The summed E-state index contributed by atoms with van der Waals surface area (Å²) in [6, 6.07) is 7.71. The first-order valence-electron chi connectivity index (χ1n) is 5.06. The van der Waals surface area contributed by atoms with Crippen molar-refractivity contribution in [1.82, 2.24) is 0 Å². The van der Waals surface area contributed by atoms with Crippen LogP contribution in [0.5, 0.6) is 5.75 Å². The predicted octanol–water partition coefficient (Wildman–Crippen LogP) is 2.06. The summed E-state index contributed by atoms with van der Waals surface area (Å²) >= 11 is 0. The van der Waals surface area contributed by atoms with Gasteiger partial charge in [-0.25, -0.2) is 0 Å². The van der Waals surface area contributed by atoms with Crippen LogP contribution in [0.2, 0.25) is 0 Å². The number of benzene rings is 1. The SMILES string of the molecule is CC(Oc1cccc(C(C)C)c1)C(N)=O. The first-order chi connectivity index (χ1) is 7.00. The molecule has 0 saturated heterocycles. The van der Waals surface area contributed by atoms with E-state index in [-0.39, 0.29) is 0 Å². The van der Waals surface area contributed by atoms with E-state index in [0.717, 1.165) is 0 Å². The Morgan fingerprint density at radius 3 is 2.53 bits per heavy atom. The van der Waals surface area contributed by atoms with Crippen LogP contribution in [0.15, 0.2) is 24.3 Å². The third-order valence-corrected chi connectivity index (χ3v) is 2.24. The lowest BCUT2D eigenvalue weighted by Gasteiger charge is -2.13. The Hall–Kier alpha value is -1.51. The van der Waals surface area contributed by atoms with Crippen LogP contribution in [0.1, 0.15) is 32.3 Å². The molecular weight excluding hydrogens is 190 g/mol. The standard InChI is InChI=1S/C12H17NO2/c1-8(2)10-5-4-6-11(7-10)15-9(3)12(13)14/h4-9H,1-3H3,(H2,13,14). The lowest BCUT2D eigenvalue weighted by molar-refractivity contribution is -0.123. The van der Waals surface area contributed by atoms with Crippen molar-refractivity contribution in [2.24, 2.45) is 5.73 Å². The number of ether oxygens (including phenoxy) is 1. The molecule has 0 aliphatic carbocycles. The fourth-order valence-corrected chi connectivity index (χ4v) is 1.21. The number of hydrogen-bond donors (Lipinski definition) is 1. The molecule has 1 unspecified atom stereocenters. The smallest absolute Gasteiger partial charge is 0.258 e. The fraction of sp³-hybridized carbons (Fsp3) is 0.417. The van der Waals surface area contributed by atoms with Crippen LogP contribution in [0.3, 0.4) is 0 Å². The molecule has 3 nitrogen and oxygen atoms in total. The van der Waals surface area contributed by atoms with Gasteiger partial charge in [0.2, 0.25) is 0 Å². The molecule has 0 bridgehead atoms. The van der Waals surface area contributed by atoms with Gasteiger partial charge in [0.1, 0.15) is 5.75 Å². The molecule has 0 fully saturated rings. The van der Waals surface area contributed by atoms with Gasteiger partial charge in [-0.3, -0.25) is 4.79 Å². The number of rotatable bonds is 4. The van der Waals surface area contributed by atoms with E-state index in [1.54, 1.807) is 6.92 Å². The quantitative estimate of drug-likeness (QED) is 0.821. The molecule has 1 aromatic rings. The number of amides is 1. The molecule has 3 heteroatoms. The van der Waals surface area contributed by atoms with Gasteiger partial charge in [0.25, 0.3) is 5.91 Å². The second kappa shape index (κ2) is 4.82. The molecule has 1 amide bonds. The van der Waals surface area contributed by atoms with Crippen molar-refractivity contribution >= 4 is 5.91 Å². The summed E-state index contributed by atoms with van der Waals surface area (Å²) in [5, 5.41) is 0. The highest BCUT2D eigenvalue weighted by Crippen LogP contribution is 2.20. The largest absolute Gasteiger partial charge is 0.481 e. The van der Waals surface area contributed by atoms with Crippen molar-refractivity contribution in [1.29, 1.82) is 0 Å². The number of primary amides is 1. The molecule has 0 aromatic heterocycles. The number of carbonyl (C=O) groups is 1. The van der Waals surface area contributed by atoms with Crippen molar-refractivity contribution in [3.8, 4) is 5.75 Å². The summed E-state index contributed by atoms with van der Waals surface area (Å²) in [5.41, 5.74) is 6.30. The number of hydrogen-bond acceptors (Lipinski definition) is 2. The number of carbonyl (C=O) groups excluding carboxylic acids is 1. The summed E-state index contributed by atoms with van der Waals surface area (Å²) in [6.07, 6.45) is -0.590. The highest BCUT2D eigenvalue weighted by molar-refractivity contribution is 5.78. The maximum atomic E-state index is 10.8. The second-order valence-electron chi connectivity index (χ2n) is 3.89. The summed E-state index contributed by atoms with van der Waals surface area (Å²) in [6.45, 7) is 5.86. The minimum atomic E-state index is -0.590. The molecule has 0 saturated carbocycles. The van der Waals surface area contributed by atoms with Crippen LogP contribution in [-0.4, -0.2) is 12.0 Å². The van der Waals surface area contributed by atoms with E-state index in [4.69, 9.17) is 10.5 Å². The second-order valence-corrected chi connectivity index (χ2v) is 3.89. The molecule has 1 aromatic carbocycles. The van der Waals surface area contributed by atoms with Crippen molar-refractivity contribution in [3.05, 3.63) is 29.8 Å². The third kappa shape index (κ3) is 3.27. The molecule has 1 rings (SSSR count). The van der Waals surface area contributed by atoms with Gasteiger partial charge in [-0.1, -0.05) is 26.0 Å². The van der Waals surface area contributed by atoms with Gasteiger partial charge >= 0.3 is 0 Å². The zero-order valence-corrected chi connectivity index (χ0v) is 9.36. The molecule has 0 radical (unpaired) electrons. The Morgan fingerprint density at radius 2 is 2.00 bits per heavy atom. The van der Waals surface area contributed by atoms with Crippen LogP contribution in [-0.2, 0) is 4.79 Å². The van der Waals surface area contributed by atoms with E-state index >= 15 is 0 Å². The first-order valence-corrected chi connectivity index (χ1v) is 5.06. The van der Waals surface area contributed by atoms with Gasteiger partial charge in [-0.15, -0.1) is 0 Å². The molecule has 82 valence electrons. The summed E-state index contributed by atoms with van der Waals surface area (Å²) in [5.74, 6) is 0.676. The monoisotopic (exact) mass is 207 g/mol. The molecule has 0 aliphatic heterocycles. The van der Waals surface area contributed by atoms with Crippen LogP contribution < -0.4 is 10.5 Å². The molecule has 0 aliphatic rings. The van der Waals surface area contributed by atoms with E-state index < -0.39 is 12.0 Å². The van der Waals surface area contributed by atoms with E-state index in [2.05, 4.69) is 13.8 Å². The minimum absolute atomic E-state index is 0.442. The summed E-state index contributed by atoms with van der Waals surface area (Å²) in [4.78, 5) is 10.8. The lowest BCUT2D eigenvalue weighted by atomic mass is 10.0. The van der Waals surface area contributed by atoms with Crippen molar-refractivity contribution in [2.75, 3.05) is 0 Å². The van der Waals surface area contributed by atoms with E-state index in [9.17, 15) is 4.79 Å². The highest BCUT2D eigenvalue weighted by atomic mass is 16.5. The Balaban J connectivity index is 2.78. The Morgan fingerprint density at radius 1 is 1.33 bits per heavy atom. The van der Waals surface area contributed by atoms with E-state index in [1.807, 2.05) is 24.3 Å². The molecule has 15 heavy (non-hydrogen) atoms. The van der Waals surface area contributed by atoms with Crippen LogP contribution >= 0.6 is 0 Å². The normalized spacial score (nSPS) is 12.5. The fourth-order valence-electron chi connectivity index (χ4n) is 1.21. The maximum absolute atomic E-state index is 10.8. The van der Waals surface area contributed by atoms with Crippen molar-refractivity contribution in [2.45, 2.75) is 32.8 Å². The van der Waals surface area contributed by atoms with Gasteiger partial charge in [0, 0.05) is 0 Å². The van der Waals surface area contributed by atoms with E-state index in [0.29, 0.717) is 11.7 Å². The van der Waals surface area contributed by atoms with Crippen molar-refractivity contribution < 1.29 is 9.53 Å².